The molecule has 0 spiro atoms. The molecular weight excluding hydrogens is 224 g/mol. The van der Waals surface area contributed by atoms with Gasteiger partial charge in [-0.05, 0) is 12.1 Å². The van der Waals surface area contributed by atoms with Gasteiger partial charge in [0, 0.05) is 6.42 Å². The zero-order chi connectivity index (χ0) is 12.8. The van der Waals surface area contributed by atoms with Crippen LogP contribution in [0.2, 0.25) is 0 Å². The Bertz CT molecular complexity index is 457. The molecule has 1 aromatic rings. The van der Waals surface area contributed by atoms with Gasteiger partial charge in [-0.25, -0.2) is 0 Å². The van der Waals surface area contributed by atoms with Crippen molar-refractivity contribution in [1.29, 1.82) is 0 Å². The molecule has 1 rings (SSSR count). The van der Waals surface area contributed by atoms with Crippen LogP contribution in [-0.4, -0.2) is 22.9 Å². The number of rotatable bonds is 5. The number of amides is 2. The summed E-state index contributed by atoms with van der Waals surface area (Å²) in [6, 6.07) is 6.26. The summed E-state index contributed by atoms with van der Waals surface area (Å²) < 4.78 is 0. The molecular formula is C11H12N2O4. The molecule has 90 valence electrons. The van der Waals surface area contributed by atoms with Crippen LogP contribution in [-0.2, 0) is 9.59 Å². The molecule has 0 radical (unpaired) electrons. The highest BCUT2D eigenvalue weighted by molar-refractivity contribution is 6.03. The highest BCUT2D eigenvalue weighted by Crippen LogP contribution is 2.14. The normalized spacial score (nSPS) is 9.65. The molecule has 0 atom stereocenters. The summed E-state index contributed by atoms with van der Waals surface area (Å²) >= 11 is 0. The van der Waals surface area contributed by atoms with E-state index in [0.29, 0.717) is 0 Å². The molecule has 0 saturated carbocycles. The van der Waals surface area contributed by atoms with Crippen LogP contribution >= 0.6 is 0 Å². The molecule has 0 saturated heterocycles. The van der Waals surface area contributed by atoms with Crippen LogP contribution < -0.4 is 11.1 Å². The Labute approximate surface area is 97.4 Å². The Morgan fingerprint density at radius 3 is 2.41 bits per heavy atom. The number of carboxylic acids is 1. The third-order valence-electron chi connectivity index (χ3n) is 2.03. The van der Waals surface area contributed by atoms with Gasteiger partial charge < -0.3 is 16.2 Å². The minimum atomic E-state index is -1.05. The van der Waals surface area contributed by atoms with Crippen molar-refractivity contribution in [2.24, 2.45) is 5.73 Å². The van der Waals surface area contributed by atoms with Crippen molar-refractivity contribution in [3.8, 4) is 0 Å². The van der Waals surface area contributed by atoms with Gasteiger partial charge in [-0.3, -0.25) is 14.4 Å². The van der Waals surface area contributed by atoms with Crippen molar-refractivity contribution < 1.29 is 19.5 Å². The lowest BCUT2D eigenvalue weighted by Crippen LogP contribution is -2.18. The highest BCUT2D eigenvalue weighted by atomic mass is 16.4. The first-order chi connectivity index (χ1) is 8.00. The Balaban J connectivity index is 2.71. The van der Waals surface area contributed by atoms with Crippen molar-refractivity contribution in [3.05, 3.63) is 29.8 Å². The van der Waals surface area contributed by atoms with Gasteiger partial charge in [0.25, 0.3) is 5.91 Å². The number of hydrogen-bond acceptors (Lipinski definition) is 3. The second-order valence-electron chi connectivity index (χ2n) is 3.35. The lowest BCUT2D eigenvalue weighted by molar-refractivity contribution is -0.138. The molecule has 0 heterocycles. The van der Waals surface area contributed by atoms with Crippen molar-refractivity contribution in [2.75, 3.05) is 5.32 Å². The maximum absolute atomic E-state index is 11.4. The van der Waals surface area contributed by atoms with Gasteiger partial charge >= 0.3 is 5.97 Å². The Morgan fingerprint density at radius 2 is 1.82 bits per heavy atom. The summed E-state index contributed by atoms with van der Waals surface area (Å²) in [5.74, 6) is -2.18. The molecule has 4 N–H and O–H groups in total. The first-order valence-electron chi connectivity index (χ1n) is 4.91. The summed E-state index contributed by atoms with van der Waals surface area (Å²) in [5.41, 5.74) is 5.61. The molecule has 0 aliphatic carbocycles. The Hall–Kier alpha value is -2.37. The van der Waals surface area contributed by atoms with E-state index in [2.05, 4.69) is 5.32 Å². The number of benzene rings is 1. The number of carbonyl (C=O) groups excluding carboxylic acids is 2. The molecule has 0 aromatic heterocycles. The summed E-state index contributed by atoms with van der Waals surface area (Å²) in [5, 5.41) is 10.9. The molecule has 0 aliphatic heterocycles. The third kappa shape index (κ3) is 3.94. The molecule has 0 unspecified atom stereocenters. The van der Waals surface area contributed by atoms with E-state index in [-0.39, 0.29) is 24.1 Å². The van der Waals surface area contributed by atoms with Crippen molar-refractivity contribution in [1.82, 2.24) is 0 Å². The first-order valence-corrected chi connectivity index (χ1v) is 4.91. The maximum Gasteiger partial charge on any atom is 0.303 e. The predicted molar refractivity (Wildman–Crippen MR) is 60.5 cm³/mol. The molecule has 17 heavy (non-hydrogen) atoms. The molecule has 2 amide bonds. The van der Waals surface area contributed by atoms with E-state index in [0.717, 1.165) is 0 Å². The first kappa shape index (κ1) is 12.7. The number of anilines is 1. The fraction of sp³-hybridized carbons (Fsp3) is 0.182. The lowest BCUT2D eigenvalue weighted by Gasteiger charge is -2.07. The van der Waals surface area contributed by atoms with Crippen LogP contribution in [0.25, 0.3) is 0 Å². The average molecular weight is 236 g/mol. The summed E-state index contributed by atoms with van der Waals surface area (Å²) in [7, 11) is 0. The summed E-state index contributed by atoms with van der Waals surface area (Å²) in [4.78, 5) is 32.7. The van der Waals surface area contributed by atoms with Gasteiger partial charge in [0.05, 0.1) is 17.7 Å². The SMILES string of the molecule is NC(=O)c1ccccc1NC(=O)CCC(=O)O. The van der Waals surface area contributed by atoms with Crippen LogP contribution in [0, 0.1) is 0 Å². The number of primary amides is 1. The number of para-hydroxylation sites is 1. The van der Waals surface area contributed by atoms with Gasteiger partial charge in [-0.2, -0.15) is 0 Å². The van der Waals surface area contributed by atoms with E-state index in [1.54, 1.807) is 12.1 Å². The van der Waals surface area contributed by atoms with E-state index >= 15 is 0 Å². The van der Waals surface area contributed by atoms with Crippen molar-refractivity contribution in [2.45, 2.75) is 12.8 Å². The van der Waals surface area contributed by atoms with E-state index in [1.165, 1.54) is 12.1 Å². The average Bonchev–Trinajstić information content (AvgIpc) is 2.27. The molecule has 0 bridgehead atoms. The summed E-state index contributed by atoms with van der Waals surface area (Å²) in [6.45, 7) is 0. The van der Waals surface area contributed by atoms with Crippen molar-refractivity contribution in [3.63, 3.8) is 0 Å². The number of carbonyl (C=O) groups is 3. The highest BCUT2D eigenvalue weighted by Gasteiger charge is 2.10. The maximum atomic E-state index is 11.4. The molecule has 1 aromatic carbocycles. The lowest BCUT2D eigenvalue weighted by atomic mass is 10.1. The topological polar surface area (TPSA) is 109 Å². The zero-order valence-corrected chi connectivity index (χ0v) is 8.97. The van der Waals surface area contributed by atoms with E-state index in [4.69, 9.17) is 10.8 Å². The van der Waals surface area contributed by atoms with Gasteiger partial charge in [-0.1, -0.05) is 12.1 Å². The predicted octanol–water partition coefficient (Wildman–Crippen LogP) is 0.589. The summed E-state index contributed by atoms with van der Waals surface area (Å²) in [6.07, 6.45) is -0.410. The molecule has 6 heteroatoms. The van der Waals surface area contributed by atoms with Crippen molar-refractivity contribution >= 4 is 23.5 Å². The second kappa shape index (κ2) is 5.64. The van der Waals surface area contributed by atoms with Gasteiger partial charge in [0.15, 0.2) is 0 Å². The van der Waals surface area contributed by atoms with Gasteiger partial charge in [-0.15, -0.1) is 0 Å². The quantitative estimate of drug-likeness (QED) is 0.694. The number of nitrogens with two attached hydrogens (primary N) is 1. The fourth-order valence-electron chi connectivity index (χ4n) is 1.24. The number of hydrogen-bond donors (Lipinski definition) is 3. The Kier molecular flexibility index (Phi) is 4.21. The van der Waals surface area contributed by atoms with Gasteiger partial charge in [0.2, 0.25) is 5.91 Å². The smallest absolute Gasteiger partial charge is 0.303 e. The van der Waals surface area contributed by atoms with Crippen LogP contribution in [0.3, 0.4) is 0 Å². The standard InChI is InChI=1S/C11H12N2O4/c12-11(17)7-3-1-2-4-8(7)13-9(14)5-6-10(15)16/h1-4H,5-6H2,(H2,12,17)(H,13,14)(H,15,16). The van der Waals surface area contributed by atoms with Gasteiger partial charge in [0.1, 0.15) is 0 Å². The fourth-order valence-corrected chi connectivity index (χ4v) is 1.24. The van der Waals surface area contributed by atoms with E-state index in [1.807, 2.05) is 0 Å². The Morgan fingerprint density at radius 1 is 1.18 bits per heavy atom. The van der Waals surface area contributed by atoms with Crippen LogP contribution in [0.5, 0.6) is 0 Å². The molecule has 0 fully saturated rings. The van der Waals surface area contributed by atoms with Crippen LogP contribution in [0.1, 0.15) is 23.2 Å². The number of nitrogens with one attached hydrogen (secondary N) is 1. The molecule has 0 aliphatic rings. The van der Waals surface area contributed by atoms with E-state index < -0.39 is 17.8 Å². The van der Waals surface area contributed by atoms with Crippen LogP contribution in [0.15, 0.2) is 24.3 Å². The zero-order valence-electron chi connectivity index (χ0n) is 8.97. The number of aliphatic carboxylic acids is 1. The largest absolute Gasteiger partial charge is 0.481 e. The monoisotopic (exact) mass is 236 g/mol. The minimum Gasteiger partial charge on any atom is -0.481 e. The van der Waals surface area contributed by atoms with Crippen LogP contribution in [0.4, 0.5) is 5.69 Å². The second-order valence-corrected chi connectivity index (χ2v) is 3.35. The minimum absolute atomic E-state index is 0.150. The number of carboxylic acid groups (broad SMARTS) is 1. The van der Waals surface area contributed by atoms with E-state index in [9.17, 15) is 14.4 Å². The molecule has 6 nitrogen and oxygen atoms in total. The third-order valence-corrected chi connectivity index (χ3v) is 2.03.